The average Bonchev–Trinajstić information content (AvgIpc) is 3.42. The van der Waals surface area contributed by atoms with Crippen molar-refractivity contribution in [3.63, 3.8) is 0 Å². The number of esters is 1. The van der Waals surface area contributed by atoms with Crippen molar-refractivity contribution in [2.24, 2.45) is 0 Å². The van der Waals surface area contributed by atoms with Gasteiger partial charge in [-0.1, -0.05) is 49.4 Å². The molecule has 2 aromatic heterocycles. The number of ether oxygens (including phenoxy) is 1. The number of hydrogen-bond acceptors (Lipinski definition) is 8. The zero-order chi connectivity index (χ0) is 23.3. The van der Waals surface area contributed by atoms with Crippen molar-refractivity contribution < 1.29 is 18.7 Å². The number of fused-ring (bicyclic) bond motifs is 2. The van der Waals surface area contributed by atoms with Crippen molar-refractivity contribution in [1.29, 1.82) is 0 Å². The lowest BCUT2D eigenvalue weighted by Gasteiger charge is -2.22. The van der Waals surface area contributed by atoms with Crippen molar-refractivity contribution in [1.82, 2.24) is 10.2 Å². The first-order valence-electron chi connectivity index (χ1n) is 10.3. The van der Waals surface area contributed by atoms with Crippen molar-refractivity contribution >= 4 is 39.3 Å². The monoisotopic (exact) mass is 461 g/mol. The molecule has 2 aromatic carbocycles. The SMILES string of the molecule is COC(=O)c1ccc([C@@H]2c3c(oc4ccccc4c3=O)C(=O)N2c2nnc(C(C)C)s2)cc1. The van der Waals surface area contributed by atoms with Gasteiger partial charge in [0.25, 0.3) is 5.91 Å². The number of benzene rings is 2. The molecule has 0 saturated heterocycles. The van der Waals surface area contributed by atoms with Crippen LogP contribution in [-0.4, -0.2) is 29.2 Å². The van der Waals surface area contributed by atoms with Crippen LogP contribution in [0.2, 0.25) is 0 Å². The minimum absolute atomic E-state index is 0.0120. The van der Waals surface area contributed by atoms with Gasteiger partial charge in [0.2, 0.25) is 10.9 Å². The standard InChI is InChI=1S/C24H19N3O5S/c1-12(2)21-25-26-24(33-21)27-18(13-8-10-14(11-9-13)23(30)31-3)17-19(28)15-6-4-5-7-16(15)32-20(17)22(27)29/h4-12,18H,1-3H3/t18-/m1/s1. The van der Waals surface area contributed by atoms with E-state index in [0.717, 1.165) is 5.01 Å². The molecule has 1 aliphatic rings. The van der Waals surface area contributed by atoms with Gasteiger partial charge in [0.05, 0.1) is 29.7 Å². The van der Waals surface area contributed by atoms with Gasteiger partial charge in [0, 0.05) is 5.92 Å². The predicted molar refractivity (Wildman–Crippen MR) is 123 cm³/mol. The third-order valence-electron chi connectivity index (χ3n) is 5.56. The normalized spacial score (nSPS) is 15.3. The number of amides is 1. The number of para-hydroxylation sites is 1. The van der Waals surface area contributed by atoms with Gasteiger partial charge in [0.1, 0.15) is 10.6 Å². The molecule has 0 radical (unpaired) electrons. The van der Waals surface area contributed by atoms with Gasteiger partial charge < -0.3 is 9.15 Å². The molecule has 1 atom stereocenters. The molecule has 0 spiro atoms. The van der Waals surface area contributed by atoms with Crippen LogP contribution in [0.4, 0.5) is 5.13 Å². The highest BCUT2D eigenvalue weighted by atomic mass is 32.1. The van der Waals surface area contributed by atoms with E-state index in [1.807, 2.05) is 13.8 Å². The number of hydrogen-bond donors (Lipinski definition) is 0. The van der Waals surface area contributed by atoms with Gasteiger partial charge in [-0.3, -0.25) is 14.5 Å². The summed E-state index contributed by atoms with van der Waals surface area (Å²) >= 11 is 1.30. The molecule has 4 aromatic rings. The van der Waals surface area contributed by atoms with Crippen molar-refractivity contribution in [2.75, 3.05) is 12.0 Å². The lowest BCUT2D eigenvalue weighted by molar-refractivity contribution is 0.0600. The van der Waals surface area contributed by atoms with Crippen LogP contribution < -0.4 is 10.3 Å². The molecule has 0 fully saturated rings. The largest absolute Gasteiger partial charge is 0.465 e. The maximum absolute atomic E-state index is 13.5. The van der Waals surface area contributed by atoms with Gasteiger partial charge >= 0.3 is 5.97 Å². The second kappa shape index (κ2) is 7.93. The first kappa shape index (κ1) is 21.0. The Balaban J connectivity index is 1.73. The summed E-state index contributed by atoms with van der Waals surface area (Å²) in [5, 5.41) is 10.0. The lowest BCUT2D eigenvalue weighted by atomic mass is 9.98. The van der Waals surface area contributed by atoms with Crippen molar-refractivity contribution in [3.8, 4) is 0 Å². The lowest BCUT2D eigenvalue weighted by Crippen LogP contribution is -2.29. The van der Waals surface area contributed by atoms with E-state index in [1.54, 1.807) is 48.5 Å². The maximum atomic E-state index is 13.5. The minimum atomic E-state index is -0.770. The molecule has 3 heterocycles. The molecule has 166 valence electrons. The van der Waals surface area contributed by atoms with Gasteiger partial charge in [0.15, 0.2) is 5.43 Å². The number of rotatable bonds is 4. The van der Waals surface area contributed by atoms with Gasteiger partial charge in [-0.25, -0.2) is 4.79 Å². The highest BCUT2D eigenvalue weighted by Gasteiger charge is 2.45. The van der Waals surface area contributed by atoms with Crippen molar-refractivity contribution in [3.05, 3.63) is 86.2 Å². The fourth-order valence-electron chi connectivity index (χ4n) is 3.91. The first-order valence-corrected chi connectivity index (χ1v) is 11.1. The Kier molecular flexibility index (Phi) is 5.05. The second-order valence-corrected chi connectivity index (χ2v) is 8.93. The van der Waals surface area contributed by atoms with E-state index in [1.165, 1.54) is 23.3 Å². The maximum Gasteiger partial charge on any atom is 0.337 e. The highest BCUT2D eigenvalue weighted by molar-refractivity contribution is 7.15. The number of anilines is 1. The van der Waals surface area contributed by atoms with E-state index in [9.17, 15) is 14.4 Å². The molecule has 0 unspecified atom stereocenters. The molecular formula is C24H19N3O5S. The minimum Gasteiger partial charge on any atom is -0.465 e. The third kappa shape index (κ3) is 3.32. The summed E-state index contributed by atoms with van der Waals surface area (Å²) in [7, 11) is 1.31. The Labute approximate surface area is 192 Å². The van der Waals surface area contributed by atoms with Crippen molar-refractivity contribution in [2.45, 2.75) is 25.8 Å². The highest BCUT2D eigenvalue weighted by Crippen LogP contribution is 2.42. The topological polar surface area (TPSA) is 103 Å². The quantitative estimate of drug-likeness (QED) is 0.417. The molecule has 9 heteroatoms. The van der Waals surface area contributed by atoms with Gasteiger partial charge in [-0.05, 0) is 29.8 Å². The summed E-state index contributed by atoms with van der Waals surface area (Å²) in [5.41, 5.74) is 1.31. The summed E-state index contributed by atoms with van der Waals surface area (Å²) in [5.74, 6) is -0.808. The molecule has 0 bridgehead atoms. The average molecular weight is 461 g/mol. The molecule has 0 saturated carbocycles. The number of carbonyl (C=O) groups excluding carboxylic acids is 2. The Morgan fingerprint density at radius 1 is 1.09 bits per heavy atom. The van der Waals surface area contributed by atoms with Gasteiger partial charge in [-0.2, -0.15) is 0 Å². The predicted octanol–water partition coefficient (Wildman–Crippen LogP) is 4.30. The van der Waals surface area contributed by atoms with E-state index in [4.69, 9.17) is 9.15 Å². The number of nitrogens with zero attached hydrogens (tertiary/aromatic N) is 3. The van der Waals surface area contributed by atoms with E-state index < -0.39 is 17.9 Å². The Bertz CT molecular complexity index is 1460. The van der Waals surface area contributed by atoms with Crippen LogP contribution in [0.1, 0.15) is 62.9 Å². The number of methoxy groups -OCH3 is 1. The van der Waals surface area contributed by atoms with Crippen LogP contribution >= 0.6 is 11.3 Å². The fourth-order valence-corrected chi connectivity index (χ4v) is 4.78. The molecule has 33 heavy (non-hydrogen) atoms. The van der Waals surface area contributed by atoms with Crippen LogP contribution in [0.3, 0.4) is 0 Å². The molecular weight excluding hydrogens is 442 g/mol. The van der Waals surface area contributed by atoms with E-state index in [2.05, 4.69) is 10.2 Å². The zero-order valence-corrected chi connectivity index (χ0v) is 18.9. The van der Waals surface area contributed by atoms with E-state index >= 15 is 0 Å². The van der Waals surface area contributed by atoms with Crippen LogP contribution in [0, 0.1) is 0 Å². The van der Waals surface area contributed by atoms with Crippen LogP contribution in [-0.2, 0) is 4.74 Å². The van der Waals surface area contributed by atoms with E-state index in [0.29, 0.717) is 27.2 Å². The van der Waals surface area contributed by atoms with Crippen LogP contribution in [0.5, 0.6) is 0 Å². The molecule has 5 rings (SSSR count). The van der Waals surface area contributed by atoms with Crippen LogP contribution in [0.25, 0.3) is 11.0 Å². The Hall–Kier alpha value is -3.85. The smallest absolute Gasteiger partial charge is 0.337 e. The summed E-state index contributed by atoms with van der Waals surface area (Å²) in [6, 6.07) is 12.7. The number of carbonyl (C=O) groups is 2. The molecule has 0 N–H and O–H groups in total. The summed E-state index contributed by atoms with van der Waals surface area (Å²) < 4.78 is 10.7. The molecule has 0 aliphatic carbocycles. The second-order valence-electron chi connectivity index (χ2n) is 7.94. The summed E-state index contributed by atoms with van der Waals surface area (Å²) in [6.07, 6.45) is 0. The third-order valence-corrected chi connectivity index (χ3v) is 6.78. The fraction of sp³-hybridized carbons (Fsp3) is 0.208. The Morgan fingerprint density at radius 3 is 2.48 bits per heavy atom. The summed E-state index contributed by atoms with van der Waals surface area (Å²) in [4.78, 5) is 40.4. The summed E-state index contributed by atoms with van der Waals surface area (Å²) in [6.45, 7) is 3.98. The number of aromatic nitrogens is 2. The Morgan fingerprint density at radius 2 is 1.82 bits per heavy atom. The molecule has 8 nitrogen and oxygen atoms in total. The van der Waals surface area contributed by atoms with Gasteiger partial charge in [-0.15, -0.1) is 10.2 Å². The van der Waals surface area contributed by atoms with E-state index in [-0.39, 0.29) is 22.7 Å². The van der Waals surface area contributed by atoms with Crippen LogP contribution in [0.15, 0.2) is 57.7 Å². The molecule has 1 aliphatic heterocycles. The zero-order valence-electron chi connectivity index (χ0n) is 18.1. The first-order chi connectivity index (χ1) is 15.9. The molecule has 1 amide bonds.